The summed E-state index contributed by atoms with van der Waals surface area (Å²) in [6.07, 6.45) is 0. The van der Waals surface area contributed by atoms with E-state index >= 15 is 0 Å². The standard InChI is InChI=1S/C13H20N4O.HI/c1-4-16-12(18)11-7-5-6-10(8-11)9-17-13(14-2)15-3;/h5-8H,4,9H2,1-3H3,(H,16,18)(H2,14,15,17);1H. The number of rotatable bonds is 4. The highest BCUT2D eigenvalue weighted by Crippen LogP contribution is 2.05. The van der Waals surface area contributed by atoms with Crippen LogP contribution in [0.3, 0.4) is 0 Å². The molecule has 0 saturated heterocycles. The molecule has 1 rings (SSSR count). The highest BCUT2D eigenvalue weighted by molar-refractivity contribution is 14.0. The Morgan fingerprint density at radius 3 is 2.63 bits per heavy atom. The average Bonchev–Trinajstić information content (AvgIpc) is 2.40. The first kappa shape index (κ1) is 17.7. The molecular weight excluding hydrogens is 355 g/mol. The lowest BCUT2D eigenvalue weighted by atomic mass is 10.1. The zero-order chi connectivity index (χ0) is 13.4. The molecular formula is C13H21IN4O. The van der Waals surface area contributed by atoms with Gasteiger partial charge in [0.1, 0.15) is 0 Å². The molecule has 1 aromatic carbocycles. The Hall–Kier alpha value is -1.31. The Morgan fingerprint density at radius 2 is 2.05 bits per heavy atom. The first-order valence-electron chi connectivity index (χ1n) is 5.96. The van der Waals surface area contributed by atoms with E-state index in [0.717, 1.165) is 11.5 Å². The maximum atomic E-state index is 11.7. The largest absolute Gasteiger partial charge is 0.359 e. The minimum Gasteiger partial charge on any atom is -0.359 e. The fourth-order valence-corrected chi connectivity index (χ4v) is 1.55. The van der Waals surface area contributed by atoms with Gasteiger partial charge in [-0.3, -0.25) is 9.79 Å². The van der Waals surface area contributed by atoms with Gasteiger partial charge in [-0.25, -0.2) is 0 Å². The van der Waals surface area contributed by atoms with Crippen LogP contribution in [-0.2, 0) is 6.54 Å². The summed E-state index contributed by atoms with van der Waals surface area (Å²) < 4.78 is 0. The van der Waals surface area contributed by atoms with Crippen molar-refractivity contribution in [2.75, 3.05) is 20.6 Å². The van der Waals surface area contributed by atoms with Gasteiger partial charge >= 0.3 is 0 Å². The van der Waals surface area contributed by atoms with E-state index in [4.69, 9.17) is 0 Å². The second-order valence-corrected chi connectivity index (χ2v) is 3.74. The third-order valence-electron chi connectivity index (χ3n) is 2.45. The highest BCUT2D eigenvalue weighted by Gasteiger charge is 2.04. The summed E-state index contributed by atoms with van der Waals surface area (Å²) in [4.78, 5) is 15.7. The number of carbonyl (C=O) groups excluding carboxylic acids is 1. The van der Waals surface area contributed by atoms with Gasteiger partial charge in [-0.15, -0.1) is 24.0 Å². The van der Waals surface area contributed by atoms with Gasteiger partial charge in [-0.05, 0) is 24.6 Å². The minimum atomic E-state index is -0.0441. The molecule has 0 spiro atoms. The van der Waals surface area contributed by atoms with Gasteiger partial charge < -0.3 is 16.0 Å². The summed E-state index contributed by atoms with van der Waals surface area (Å²) in [6, 6.07) is 7.53. The second-order valence-electron chi connectivity index (χ2n) is 3.74. The number of hydrogen-bond acceptors (Lipinski definition) is 2. The molecule has 0 bridgehead atoms. The summed E-state index contributed by atoms with van der Waals surface area (Å²) in [5.74, 6) is 0.677. The Labute approximate surface area is 131 Å². The summed E-state index contributed by atoms with van der Waals surface area (Å²) in [5, 5.41) is 8.86. The quantitative estimate of drug-likeness (QED) is 0.422. The van der Waals surface area contributed by atoms with Crippen LogP contribution in [0.5, 0.6) is 0 Å². The Kier molecular flexibility index (Phi) is 8.94. The number of nitrogens with one attached hydrogen (secondary N) is 3. The van der Waals surface area contributed by atoms with Crippen LogP contribution in [0.2, 0.25) is 0 Å². The van der Waals surface area contributed by atoms with E-state index in [-0.39, 0.29) is 29.9 Å². The lowest BCUT2D eigenvalue weighted by Gasteiger charge is -2.09. The van der Waals surface area contributed by atoms with Gasteiger partial charge in [0.05, 0.1) is 0 Å². The van der Waals surface area contributed by atoms with E-state index in [1.165, 1.54) is 0 Å². The number of halogens is 1. The molecule has 1 amide bonds. The zero-order valence-electron chi connectivity index (χ0n) is 11.5. The summed E-state index contributed by atoms with van der Waals surface area (Å²) >= 11 is 0. The minimum absolute atomic E-state index is 0. The van der Waals surface area contributed by atoms with Crippen molar-refractivity contribution in [3.63, 3.8) is 0 Å². The predicted octanol–water partition coefficient (Wildman–Crippen LogP) is 1.35. The number of guanidine groups is 1. The Morgan fingerprint density at radius 1 is 1.32 bits per heavy atom. The third kappa shape index (κ3) is 5.91. The number of carbonyl (C=O) groups is 1. The fourth-order valence-electron chi connectivity index (χ4n) is 1.55. The van der Waals surface area contributed by atoms with E-state index in [0.29, 0.717) is 18.7 Å². The second kappa shape index (κ2) is 9.60. The molecule has 0 saturated carbocycles. The van der Waals surface area contributed by atoms with Crippen molar-refractivity contribution in [1.29, 1.82) is 0 Å². The summed E-state index contributed by atoms with van der Waals surface area (Å²) in [7, 11) is 3.52. The van der Waals surface area contributed by atoms with Crippen molar-refractivity contribution in [1.82, 2.24) is 16.0 Å². The topological polar surface area (TPSA) is 65.5 Å². The van der Waals surface area contributed by atoms with Gasteiger partial charge in [-0.1, -0.05) is 12.1 Å². The van der Waals surface area contributed by atoms with Crippen LogP contribution in [0.25, 0.3) is 0 Å². The van der Waals surface area contributed by atoms with Crippen LogP contribution < -0.4 is 16.0 Å². The number of benzene rings is 1. The first-order valence-corrected chi connectivity index (χ1v) is 5.96. The maximum Gasteiger partial charge on any atom is 0.251 e. The molecule has 0 atom stereocenters. The Bertz CT molecular complexity index is 434. The monoisotopic (exact) mass is 376 g/mol. The van der Waals surface area contributed by atoms with Gasteiger partial charge in [0.2, 0.25) is 0 Å². The third-order valence-corrected chi connectivity index (χ3v) is 2.45. The van der Waals surface area contributed by atoms with Crippen molar-refractivity contribution in [3.05, 3.63) is 35.4 Å². The molecule has 6 heteroatoms. The number of hydrogen-bond donors (Lipinski definition) is 3. The van der Waals surface area contributed by atoms with Crippen LogP contribution in [0.4, 0.5) is 0 Å². The molecule has 0 aliphatic rings. The van der Waals surface area contributed by atoms with Gasteiger partial charge in [0.25, 0.3) is 5.91 Å². The van der Waals surface area contributed by atoms with E-state index < -0.39 is 0 Å². The van der Waals surface area contributed by atoms with Crippen molar-refractivity contribution in [2.45, 2.75) is 13.5 Å². The van der Waals surface area contributed by atoms with Crippen LogP contribution in [-0.4, -0.2) is 32.5 Å². The number of nitrogens with zero attached hydrogens (tertiary/aromatic N) is 1. The van der Waals surface area contributed by atoms with Gasteiger partial charge in [-0.2, -0.15) is 0 Å². The predicted molar refractivity (Wildman–Crippen MR) is 89.1 cm³/mol. The van der Waals surface area contributed by atoms with Crippen LogP contribution in [0, 0.1) is 0 Å². The zero-order valence-corrected chi connectivity index (χ0v) is 13.8. The normalized spacial score (nSPS) is 10.4. The molecule has 0 aromatic heterocycles. The lowest BCUT2D eigenvalue weighted by Crippen LogP contribution is -2.34. The van der Waals surface area contributed by atoms with Crippen LogP contribution in [0.15, 0.2) is 29.3 Å². The number of amides is 1. The fraction of sp³-hybridized carbons (Fsp3) is 0.385. The van der Waals surface area contributed by atoms with Gasteiger partial charge in [0, 0.05) is 32.7 Å². The SMILES string of the molecule is CCNC(=O)c1cccc(CNC(=NC)NC)c1.I. The van der Waals surface area contributed by atoms with Crippen molar-refractivity contribution in [3.8, 4) is 0 Å². The van der Waals surface area contributed by atoms with Crippen molar-refractivity contribution in [2.24, 2.45) is 4.99 Å². The molecule has 106 valence electrons. The average molecular weight is 376 g/mol. The molecule has 0 heterocycles. The van der Waals surface area contributed by atoms with Crippen molar-refractivity contribution < 1.29 is 4.79 Å². The molecule has 0 aliphatic carbocycles. The summed E-state index contributed by atoms with van der Waals surface area (Å²) in [6.45, 7) is 3.16. The smallest absolute Gasteiger partial charge is 0.251 e. The van der Waals surface area contributed by atoms with Crippen molar-refractivity contribution >= 4 is 35.8 Å². The van der Waals surface area contributed by atoms with E-state index in [9.17, 15) is 4.79 Å². The number of aliphatic imine (C=N–C) groups is 1. The van der Waals surface area contributed by atoms with E-state index in [1.807, 2.05) is 25.1 Å². The van der Waals surface area contributed by atoms with Crippen LogP contribution in [0.1, 0.15) is 22.8 Å². The molecule has 0 fully saturated rings. The highest BCUT2D eigenvalue weighted by atomic mass is 127. The molecule has 3 N–H and O–H groups in total. The molecule has 5 nitrogen and oxygen atoms in total. The molecule has 0 unspecified atom stereocenters. The van der Waals surface area contributed by atoms with E-state index in [1.54, 1.807) is 20.2 Å². The molecule has 19 heavy (non-hydrogen) atoms. The summed E-state index contributed by atoms with van der Waals surface area (Å²) in [5.41, 5.74) is 1.71. The molecule has 0 radical (unpaired) electrons. The van der Waals surface area contributed by atoms with Gasteiger partial charge in [0.15, 0.2) is 5.96 Å². The Balaban J connectivity index is 0.00000324. The maximum absolute atomic E-state index is 11.7. The molecule has 0 aliphatic heterocycles. The lowest BCUT2D eigenvalue weighted by molar-refractivity contribution is 0.0955. The van der Waals surface area contributed by atoms with Crippen LogP contribution >= 0.6 is 24.0 Å². The molecule has 1 aromatic rings. The van der Waals surface area contributed by atoms with E-state index in [2.05, 4.69) is 20.9 Å². The first-order chi connectivity index (χ1) is 8.71.